The smallest absolute Gasteiger partial charge is 0.314 e. The van der Waals surface area contributed by atoms with Crippen molar-refractivity contribution in [2.45, 2.75) is 72.2 Å². The van der Waals surface area contributed by atoms with E-state index in [2.05, 4.69) is 19.1 Å². The maximum absolute atomic E-state index is 12.7. The SMILES string of the molecule is CCCCC(c1ccccc1)C1C(=O)OC(C(C)(C)C)OC1C. The monoisotopic (exact) mass is 318 g/mol. The minimum atomic E-state index is -0.469. The van der Waals surface area contributed by atoms with Gasteiger partial charge in [0.05, 0.1) is 12.0 Å². The second-order valence-electron chi connectivity index (χ2n) is 7.66. The molecular weight excluding hydrogens is 288 g/mol. The van der Waals surface area contributed by atoms with Crippen LogP contribution in [0, 0.1) is 11.3 Å². The van der Waals surface area contributed by atoms with Crippen LogP contribution in [0.25, 0.3) is 0 Å². The molecule has 1 aliphatic rings. The molecule has 1 aliphatic heterocycles. The summed E-state index contributed by atoms with van der Waals surface area (Å²) in [7, 11) is 0. The highest BCUT2D eigenvalue weighted by Gasteiger charge is 2.45. The fourth-order valence-corrected chi connectivity index (χ4v) is 3.23. The van der Waals surface area contributed by atoms with Crippen molar-refractivity contribution in [2.24, 2.45) is 11.3 Å². The Hall–Kier alpha value is -1.35. The first-order valence-corrected chi connectivity index (χ1v) is 8.75. The summed E-state index contributed by atoms with van der Waals surface area (Å²) < 4.78 is 11.7. The van der Waals surface area contributed by atoms with Gasteiger partial charge in [-0.05, 0) is 24.8 Å². The zero-order chi connectivity index (χ0) is 17.0. The molecule has 1 aromatic rings. The lowest BCUT2D eigenvalue weighted by atomic mass is 9.79. The predicted molar refractivity (Wildman–Crippen MR) is 92.1 cm³/mol. The van der Waals surface area contributed by atoms with Crippen LogP contribution in [0.2, 0.25) is 0 Å². The fraction of sp³-hybridized carbons (Fsp3) is 0.650. The summed E-state index contributed by atoms with van der Waals surface area (Å²) in [5, 5.41) is 0. The maximum Gasteiger partial charge on any atom is 0.314 e. The van der Waals surface area contributed by atoms with E-state index in [1.54, 1.807) is 0 Å². The van der Waals surface area contributed by atoms with Crippen molar-refractivity contribution >= 4 is 5.97 Å². The van der Waals surface area contributed by atoms with E-state index in [1.165, 1.54) is 5.56 Å². The second kappa shape index (κ2) is 7.48. The van der Waals surface area contributed by atoms with Gasteiger partial charge in [-0.25, -0.2) is 0 Å². The molecule has 3 nitrogen and oxygen atoms in total. The van der Waals surface area contributed by atoms with Crippen molar-refractivity contribution in [2.75, 3.05) is 0 Å². The average Bonchev–Trinajstić information content (AvgIpc) is 2.49. The molecule has 1 fully saturated rings. The third-order valence-corrected chi connectivity index (χ3v) is 4.58. The van der Waals surface area contributed by atoms with E-state index in [-0.39, 0.29) is 29.3 Å². The summed E-state index contributed by atoms with van der Waals surface area (Å²) >= 11 is 0. The molecule has 4 unspecified atom stereocenters. The van der Waals surface area contributed by atoms with Crippen molar-refractivity contribution in [1.82, 2.24) is 0 Å². The van der Waals surface area contributed by atoms with Crippen LogP contribution < -0.4 is 0 Å². The number of hydrogen-bond acceptors (Lipinski definition) is 3. The summed E-state index contributed by atoms with van der Waals surface area (Å²) in [5.74, 6) is -0.198. The molecule has 0 aromatic heterocycles. The minimum absolute atomic E-state index is 0.117. The largest absolute Gasteiger partial charge is 0.435 e. The van der Waals surface area contributed by atoms with Gasteiger partial charge in [-0.3, -0.25) is 4.79 Å². The van der Waals surface area contributed by atoms with E-state index in [1.807, 2.05) is 45.9 Å². The molecular formula is C20H30O3. The molecule has 1 heterocycles. The van der Waals surface area contributed by atoms with Crippen LogP contribution in [-0.2, 0) is 14.3 Å². The third-order valence-electron chi connectivity index (χ3n) is 4.58. The molecule has 23 heavy (non-hydrogen) atoms. The van der Waals surface area contributed by atoms with Crippen LogP contribution in [0.1, 0.15) is 65.4 Å². The Morgan fingerprint density at radius 2 is 1.83 bits per heavy atom. The van der Waals surface area contributed by atoms with Crippen molar-refractivity contribution < 1.29 is 14.3 Å². The van der Waals surface area contributed by atoms with Crippen LogP contribution in [0.3, 0.4) is 0 Å². The summed E-state index contributed by atoms with van der Waals surface area (Å²) in [5.41, 5.74) is 0.994. The molecule has 1 aromatic carbocycles. The van der Waals surface area contributed by atoms with Crippen LogP contribution in [0.5, 0.6) is 0 Å². The number of benzene rings is 1. The molecule has 3 heteroatoms. The molecule has 128 valence electrons. The van der Waals surface area contributed by atoms with Gasteiger partial charge in [0.25, 0.3) is 0 Å². The zero-order valence-electron chi connectivity index (χ0n) is 15.0. The number of cyclic esters (lactones) is 1. The number of carbonyl (C=O) groups is 1. The van der Waals surface area contributed by atoms with Gasteiger partial charge in [0.1, 0.15) is 0 Å². The normalized spacial score (nSPS) is 26.7. The number of hydrogen-bond donors (Lipinski definition) is 0. The second-order valence-corrected chi connectivity index (χ2v) is 7.66. The molecule has 0 N–H and O–H groups in total. The summed E-state index contributed by atoms with van der Waals surface area (Å²) in [6.07, 6.45) is 2.59. The van der Waals surface area contributed by atoms with Gasteiger partial charge in [-0.2, -0.15) is 0 Å². The molecule has 0 radical (unpaired) electrons. The first-order valence-electron chi connectivity index (χ1n) is 8.75. The average molecular weight is 318 g/mol. The lowest BCUT2D eigenvalue weighted by Gasteiger charge is -2.42. The van der Waals surface area contributed by atoms with Crippen molar-refractivity contribution in [3.8, 4) is 0 Å². The van der Waals surface area contributed by atoms with Gasteiger partial charge >= 0.3 is 5.97 Å². The van der Waals surface area contributed by atoms with Gasteiger partial charge in [0.15, 0.2) is 0 Å². The highest BCUT2D eigenvalue weighted by molar-refractivity contribution is 5.75. The molecule has 4 atom stereocenters. The number of carbonyl (C=O) groups excluding carboxylic acids is 1. The zero-order valence-corrected chi connectivity index (χ0v) is 15.0. The van der Waals surface area contributed by atoms with Crippen LogP contribution >= 0.6 is 0 Å². The summed E-state index contributed by atoms with van der Waals surface area (Å²) in [6, 6.07) is 10.3. The van der Waals surface area contributed by atoms with Gasteiger partial charge in [-0.1, -0.05) is 70.9 Å². The Morgan fingerprint density at radius 3 is 2.35 bits per heavy atom. The Balaban J connectivity index is 2.23. The van der Waals surface area contributed by atoms with E-state index in [0.717, 1.165) is 19.3 Å². The molecule has 0 bridgehead atoms. The molecule has 0 spiro atoms. The topological polar surface area (TPSA) is 35.5 Å². The summed E-state index contributed by atoms with van der Waals surface area (Å²) in [6.45, 7) is 10.3. The lowest BCUT2D eigenvalue weighted by molar-refractivity contribution is -0.256. The summed E-state index contributed by atoms with van der Waals surface area (Å²) in [4.78, 5) is 12.7. The minimum Gasteiger partial charge on any atom is -0.435 e. The highest BCUT2D eigenvalue weighted by atomic mass is 16.7. The number of ether oxygens (including phenoxy) is 2. The van der Waals surface area contributed by atoms with E-state index >= 15 is 0 Å². The molecule has 0 aliphatic carbocycles. The van der Waals surface area contributed by atoms with Crippen molar-refractivity contribution in [3.05, 3.63) is 35.9 Å². The van der Waals surface area contributed by atoms with Gasteiger partial charge in [-0.15, -0.1) is 0 Å². The van der Waals surface area contributed by atoms with Crippen LogP contribution in [0.15, 0.2) is 30.3 Å². The first kappa shape index (κ1) is 18.0. The molecule has 0 saturated carbocycles. The van der Waals surface area contributed by atoms with Crippen LogP contribution in [-0.4, -0.2) is 18.4 Å². The van der Waals surface area contributed by atoms with Crippen molar-refractivity contribution in [3.63, 3.8) is 0 Å². The fourth-order valence-electron chi connectivity index (χ4n) is 3.23. The number of rotatable bonds is 5. The van der Waals surface area contributed by atoms with Gasteiger partial charge in [0.2, 0.25) is 6.29 Å². The quantitative estimate of drug-likeness (QED) is 0.724. The Labute approximate surface area is 140 Å². The predicted octanol–water partition coefficient (Wildman–Crippen LogP) is 4.91. The Kier molecular flexibility index (Phi) is 5.85. The first-order chi connectivity index (χ1) is 10.8. The van der Waals surface area contributed by atoms with Crippen LogP contribution in [0.4, 0.5) is 0 Å². The van der Waals surface area contributed by atoms with E-state index < -0.39 is 6.29 Å². The Bertz CT molecular complexity index is 503. The molecule has 2 rings (SSSR count). The molecule has 0 amide bonds. The molecule has 1 saturated heterocycles. The number of unbranched alkanes of at least 4 members (excludes halogenated alkanes) is 1. The van der Waals surface area contributed by atoms with E-state index in [4.69, 9.17) is 9.47 Å². The third kappa shape index (κ3) is 4.35. The van der Waals surface area contributed by atoms with E-state index in [0.29, 0.717) is 0 Å². The maximum atomic E-state index is 12.7. The Morgan fingerprint density at radius 1 is 1.17 bits per heavy atom. The number of esters is 1. The highest BCUT2D eigenvalue weighted by Crippen LogP contribution is 2.39. The van der Waals surface area contributed by atoms with Gasteiger partial charge < -0.3 is 9.47 Å². The van der Waals surface area contributed by atoms with E-state index in [9.17, 15) is 4.79 Å². The lowest BCUT2D eigenvalue weighted by Crippen LogP contribution is -2.49. The van der Waals surface area contributed by atoms with Crippen molar-refractivity contribution in [1.29, 1.82) is 0 Å². The standard InChI is InChI=1S/C20H30O3/c1-6-7-13-16(15-11-9-8-10-12-15)17-14(2)22-19(20(3,4)5)23-18(17)21/h8-12,14,16-17,19H,6-7,13H2,1-5H3. The van der Waals surface area contributed by atoms with Gasteiger partial charge in [0, 0.05) is 5.41 Å².